The van der Waals surface area contributed by atoms with Gasteiger partial charge in [-0.2, -0.15) is 0 Å². The maximum atomic E-state index is 3.72. The minimum absolute atomic E-state index is 0.569. The molecule has 0 bridgehead atoms. The fourth-order valence-corrected chi connectivity index (χ4v) is 3.60. The van der Waals surface area contributed by atoms with E-state index in [4.69, 9.17) is 0 Å². The molecule has 2 atom stereocenters. The number of anilines is 1. The van der Waals surface area contributed by atoms with Crippen molar-refractivity contribution in [1.29, 1.82) is 0 Å². The maximum Gasteiger partial charge on any atom is 0.0514 e. The van der Waals surface area contributed by atoms with Crippen LogP contribution in [0.1, 0.15) is 25.3 Å². The molecule has 1 aromatic rings. The zero-order chi connectivity index (χ0) is 12.7. The van der Waals surface area contributed by atoms with E-state index in [0.717, 1.165) is 19.0 Å². The van der Waals surface area contributed by atoms with Gasteiger partial charge in [0.05, 0.1) is 5.69 Å². The molecule has 0 amide bonds. The molecule has 1 N–H and O–H groups in total. The molecule has 2 aliphatic rings. The Bertz CT molecular complexity index is 442. The Hall–Kier alpha value is -0.540. The number of piperazine rings is 1. The van der Waals surface area contributed by atoms with Crippen LogP contribution in [0.25, 0.3) is 0 Å². The van der Waals surface area contributed by atoms with Crippen LogP contribution in [0.2, 0.25) is 0 Å². The average molecular weight is 309 g/mol. The van der Waals surface area contributed by atoms with Crippen molar-refractivity contribution in [2.45, 2.75) is 38.8 Å². The number of nitrogens with one attached hydrogen (secondary N) is 1. The van der Waals surface area contributed by atoms with Crippen LogP contribution < -0.4 is 10.2 Å². The summed E-state index contributed by atoms with van der Waals surface area (Å²) in [6, 6.07) is 7.94. The molecule has 1 saturated carbocycles. The molecule has 98 valence electrons. The summed E-state index contributed by atoms with van der Waals surface area (Å²) in [5.74, 6) is 0.921. The standard InChI is InChI=1S/C15H21BrN2/c1-10-3-6-15(13(16)7-10)18-9-14(12-4-5-12)17-8-11(18)2/h3,6-7,11-12,14,17H,4-5,8-9H2,1-2H3. The van der Waals surface area contributed by atoms with E-state index < -0.39 is 0 Å². The molecule has 3 rings (SSSR count). The lowest BCUT2D eigenvalue weighted by Crippen LogP contribution is -2.56. The van der Waals surface area contributed by atoms with Crippen LogP contribution in [-0.4, -0.2) is 25.2 Å². The van der Waals surface area contributed by atoms with E-state index >= 15 is 0 Å². The van der Waals surface area contributed by atoms with E-state index in [9.17, 15) is 0 Å². The average Bonchev–Trinajstić information content (AvgIpc) is 3.14. The first kappa shape index (κ1) is 12.5. The minimum atomic E-state index is 0.569. The molecule has 1 saturated heterocycles. The van der Waals surface area contributed by atoms with Gasteiger partial charge < -0.3 is 10.2 Å². The SMILES string of the molecule is Cc1ccc(N2CC(C3CC3)NCC2C)c(Br)c1. The van der Waals surface area contributed by atoms with Crippen LogP contribution >= 0.6 is 15.9 Å². The van der Waals surface area contributed by atoms with Gasteiger partial charge in [0.2, 0.25) is 0 Å². The first-order valence-electron chi connectivity index (χ1n) is 6.91. The number of halogens is 1. The van der Waals surface area contributed by atoms with Crippen LogP contribution in [-0.2, 0) is 0 Å². The topological polar surface area (TPSA) is 15.3 Å². The first-order valence-corrected chi connectivity index (χ1v) is 7.70. The third-order valence-electron chi connectivity index (χ3n) is 4.20. The van der Waals surface area contributed by atoms with Gasteiger partial charge >= 0.3 is 0 Å². The summed E-state index contributed by atoms with van der Waals surface area (Å²) in [5.41, 5.74) is 2.66. The van der Waals surface area contributed by atoms with Crippen molar-refractivity contribution in [3.05, 3.63) is 28.2 Å². The Kier molecular flexibility index (Phi) is 3.37. The molecule has 3 heteroatoms. The van der Waals surface area contributed by atoms with Crippen molar-refractivity contribution in [3.8, 4) is 0 Å². The van der Waals surface area contributed by atoms with Crippen LogP contribution in [0.4, 0.5) is 5.69 Å². The van der Waals surface area contributed by atoms with Crippen molar-refractivity contribution in [1.82, 2.24) is 5.32 Å². The predicted molar refractivity (Wildman–Crippen MR) is 80.2 cm³/mol. The second kappa shape index (κ2) is 4.86. The summed E-state index contributed by atoms with van der Waals surface area (Å²) in [7, 11) is 0. The third kappa shape index (κ3) is 2.43. The molecule has 0 spiro atoms. The number of rotatable bonds is 2. The fourth-order valence-electron chi connectivity index (χ4n) is 2.88. The molecular formula is C15H21BrN2. The highest BCUT2D eigenvalue weighted by atomic mass is 79.9. The highest BCUT2D eigenvalue weighted by Gasteiger charge is 2.36. The predicted octanol–water partition coefficient (Wildman–Crippen LogP) is 3.33. The molecule has 1 aliphatic heterocycles. The lowest BCUT2D eigenvalue weighted by Gasteiger charge is -2.41. The van der Waals surface area contributed by atoms with E-state index in [0.29, 0.717) is 12.1 Å². The van der Waals surface area contributed by atoms with Crippen molar-refractivity contribution < 1.29 is 0 Å². The lowest BCUT2D eigenvalue weighted by atomic mass is 10.0. The summed E-state index contributed by atoms with van der Waals surface area (Å²) in [6.45, 7) is 6.69. The lowest BCUT2D eigenvalue weighted by molar-refractivity contribution is 0.375. The van der Waals surface area contributed by atoms with Crippen LogP contribution in [0.5, 0.6) is 0 Å². The molecule has 0 aromatic heterocycles. The summed E-state index contributed by atoms with van der Waals surface area (Å²) in [6.07, 6.45) is 2.82. The molecule has 2 nitrogen and oxygen atoms in total. The number of hydrogen-bond donors (Lipinski definition) is 1. The Labute approximate surface area is 118 Å². The highest BCUT2D eigenvalue weighted by molar-refractivity contribution is 9.10. The number of hydrogen-bond acceptors (Lipinski definition) is 2. The summed E-state index contributed by atoms with van der Waals surface area (Å²) in [4.78, 5) is 2.56. The van der Waals surface area contributed by atoms with Gasteiger partial charge in [-0.05, 0) is 66.2 Å². The number of nitrogens with zero attached hydrogens (tertiary/aromatic N) is 1. The van der Waals surface area contributed by atoms with Gasteiger partial charge in [0.1, 0.15) is 0 Å². The largest absolute Gasteiger partial charge is 0.365 e. The van der Waals surface area contributed by atoms with Crippen molar-refractivity contribution in [2.24, 2.45) is 5.92 Å². The summed E-state index contributed by atoms with van der Waals surface area (Å²) >= 11 is 3.72. The maximum absolute atomic E-state index is 3.72. The Morgan fingerprint density at radius 2 is 2.11 bits per heavy atom. The van der Waals surface area contributed by atoms with Crippen molar-refractivity contribution in [3.63, 3.8) is 0 Å². The van der Waals surface area contributed by atoms with Gasteiger partial charge in [-0.3, -0.25) is 0 Å². The van der Waals surface area contributed by atoms with Gasteiger partial charge in [0.25, 0.3) is 0 Å². The molecule has 18 heavy (non-hydrogen) atoms. The highest BCUT2D eigenvalue weighted by Crippen LogP contribution is 2.36. The molecular weight excluding hydrogens is 288 g/mol. The third-order valence-corrected chi connectivity index (χ3v) is 4.84. The van der Waals surface area contributed by atoms with Gasteiger partial charge in [-0.15, -0.1) is 0 Å². The Balaban J connectivity index is 1.83. The van der Waals surface area contributed by atoms with Crippen LogP contribution in [0.15, 0.2) is 22.7 Å². The van der Waals surface area contributed by atoms with E-state index in [1.807, 2.05) is 0 Å². The van der Waals surface area contributed by atoms with E-state index in [2.05, 4.69) is 58.2 Å². The van der Waals surface area contributed by atoms with Gasteiger partial charge in [0, 0.05) is 29.6 Å². The van der Waals surface area contributed by atoms with Gasteiger partial charge in [-0.1, -0.05) is 6.07 Å². The number of benzene rings is 1. The molecule has 0 radical (unpaired) electrons. The second-order valence-corrected chi connectivity index (χ2v) is 6.66. The van der Waals surface area contributed by atoms with E-state index in [1.165, 1.54) is 28.6 Å². The van der Waals surface area contributed by atoms with Crippen molar-refractivity contribution in [2.75, 3.05) is 18.0 Å². The zero-order valence-corrected chi connectivity index (χ0v) is 12.7. The zero-order valence-electron chi connectivity index (χ0n) is 11.1. The smallest absolute Gasteiger partial charge is 0.0514 e. The minimum Gasteiger partial charge on any atom is -0.365 e. The molecule has 2 fully saturated rings. The van der Waals surface area contributed by atoms with Gasteiger partial charge in [-0.25, -0.2) is 0 Å². The normalized spacial score (nSPS) is 28.5. The van der Waals surface area contributed by atoms with Gasteiger partial charge in [0.15, 0.2) is 0 Å². The summed E-state index contributed by atoms with van der Waals surface area (Å²) in [5, 5.41) is 3.70. The fraction of sp³-hybridized carbons (Fsp3) is 0.600. The number of aryl methyl sites for hydroxylation is 1. The quantitative estimate of drug-likeness (QED) is 0.901. The summed E-state index contributed by atoms with van der Waals surface area (Å²) < 4.78 is 1.23. The molecule has 1 aromatic carbocycles. The molecule has 2 unspecified atom stereocenters. The Morgan fingerprint density at radius 3 is 2.78 bits per heavy atom. The van der Waals surface area contributed by atoms with Crippen molar-refractivity contribution >= 4 is 21.6 Å². The molecule has 1 aliphatic carbocycles. The monoisotopic (exact) mass is 308 g/mol. The second-order valence-electron chi connectivity index (χ2n) is 5.81. The molecule has 1 heterocycles. The van der Waals surface area contributed by atoms with Crippen LogP contribution in [0, 0.1) is 12.8 Å². The van der Waals surface area contributed by atoms with Crippen LogP contribution in [0.3, 0.4) is 0 Å². The van der Waals surface area contributed by atoms with E-state index in [1.54, 1.807) is 0 Å². The first-order chi connectivity index (χ1) is 8.65. The van der Waals surface area contributed by atoms with E-state index in [-0.39, 0.29) is 0 Å². The Morgan fingerprint density at radius 1 is 1.33 bits per heavy atom.